The van der Waals surface area contributed by atoms with E-state index in [0.717, 1.165) is 23.3 Å². The first kappa shape index (κ1) is 25.4. The number of anilines is 1. The van der Waals surface area contributed by atoms with Crippen LogP contribution in [0.1, 0.15) is 48.2 Å². The largest absolute Gasteiger partial charge is 0.384 e. The number of methoxy groups -OCH3 is 1. The number of ether oxygens (including phenoxy) is 1. The van der Waals surface area contributed by atoms with E-state index in [1.54, 1.807) is 50.1 Å². The van der Waals surface area contributed by atoms with E-state index in [9.17, 15) is 9.18 Å². The normalized spacial score (nSPS) is 12.5. The Kier molecular flexibility index (Phi) is 9.16. The lowest BCUT2D eigenvalue weighted by molar-refractivity contribution is 0.0972. The van der Waals surface area contributed by atoms with Gasteiger partial charge in [-0.3, -0.25) is 4.79 Å². The lowest BCUT2D eigenvalue weighted by Gasteiger charge is -2.25. The van der Waals surface area contributed by atoms with Crippen molar-refractivity contribution >= 4 is 35.0 Å². The van der Waals surface area contributed by atoms with E-state index in [1.165, 1.54) is 6.07 Å². The van der Waals surface area contributed by atoms with Crippen LogP contribution in [0.2, 0.25) is 5.02 Å². The molecule has 0 aliphatic carbocycles. The van der Waals surface area contributed by atoms with E-state index >= 15 is 0 Å². The molecule has 0 saturated heterocycles. The van der Waals surface area contributed by atoms with Crippen molar-refractivity contribution in [2.75, 3.05) is 19.0 Å². The smallest absolute Gasteiger partial charge is 0.255 e. The zero-order valence-electron chi connectivity index (χ0n) is 18.9. The Morgan fingerprint density at radius 2 is 2.03 bits per heavy atom. The number of aryl methyl sites for hydroxylation is 1. The highest BCUT2D eigenvalue weighted by atomic mass is 35.5. The third-order valence-corrected chi connectivity index (χ3v) is 7.00. The maximum atomic E-state index is 14.0. The van der Waals surface area contributed by atoms with Crippen molar-refractivity contribution in [2.45, 2.75) is 50.7 Å². The summed E-state index contributed by atoms with van der Waals surface area (Å²) >= 11 is 7.99. The first-order valence-electron chi connectivity index (χ1n) is 10.2. The van der Waals surface area contributed by atoms with Gasteiger partial charge in [0.15, 0.2) is 0 Å². The number of rotatable bonds is 10. The summed E-state index contributed by atoms with van der Waals surface area (Å²) in [7, 11) is 1.71. The van der Waals surface area contributed by atoms with Gasteiger partial charge in [-0.05, 0) is 73.6 Å². The van der Waals surface area contributed by atoms with Crippen LogP contribution in [0.25, 0.3) is 0 Å². The van der Waals surface area contributed by atoms with Gasteiger partial charge in [0.1, 0.15) is 5.82 Å². The van der Waals surface area contributed by atoms with Crippen molar-refractivity contribution < 1.29 is 13.9 Å². The van der Waals surface area contributed by atoms with Gasteiger partial charge in [0.05, 0.1) is 11.6 Å². The molecule has 31 heavy (non-hydrogen) atoms. The summed E-state index contributed by atoms with van der Waals surface area (Å²) in [6.45, 7) is 12.5. The van der Waals surface area contributed by atoms with Crippen LogP contribution in [0.15, 0.2) is 47.9 Å². The zero-order chi connectivity index (χ0) is 23.2. The number of nitrogens with one attached hydrogen (secondary N) is 1. The summed E-state index contributed by atoms with van der Waals surface area (Å²) in [6.07, 6.45) is 3.80. The van der Waals surface area contributed by atoms with Crippen molar-refractivity contribution in [1.29, 1.82) is 0 Å². The molecule has 6 heteroatoms. The highest BCUT2D eigenvalue weighted by molar-refractivity contribution is 8.00. The number of halogens is 2. The van der Waals surface area contributed by atoms with Crippen LogP contribution in [0.5, 0.6) is 0 Å². The molecule has 0 heterocycles. The summed E-state index contributed by atoms with van der Waals surface area (Å²) < 4.78 is 19.3. The van der Waals surface area contributed by atoms with E-state index < -0.39 is 0 Å². The topological polar surface area (TPSA) is 38.3 Å². The Balaban J connectivity index is 2.13. The van der Waals surface area contributed by atoms with Crippen LogP contribution in [0.3, 0.4) is 0 Å². The average Bonchev–Trinajstić information content (AvgIpc) is 2.70. The Morgan fingerprint density at radius 1 is 1.32 bits per heavy atom. The summed E-state index contributed by atoms with van der Waals surface area (Å²) in [5.74, 6) is -0.648. The lowest BCUT2D eigenvalue weighted by Crippen LogP contribution is -2.19. The molecule has 2 aromatic carbocycles. The van der Waals surface area contributed by atoms with E-state index in [4.69, 9.17) is 16.3 Å². The molecule has 168 valence electrons. The van der Waals surface area contributed by atoms with Gasteiger partial charge < -0.3 is 10.1 Å². The Bertz CT molecular complexity index is 922. The molecule has 0 fully saturated rings. The van der Waals surface area contributed by atoms with Crippen LogP contribution < -0.4 is 5.32 Å². The molecule has 0 aliphatic rings. The number of thioether (sulfide) groups is 1. The monoisotopic (exact) mass is 463 g/mol. The van der Waals surface area contributed by atoms with Crippen LogP contribution in [-0.4, -0.2) is 24.9 Å². The number of hydrogen-bond acceptors (Lipinski definition) is 3. The maximum Gasteiger partial charge on any atom is 0.255 e. The second-order valence-electron chi connectivity index (χ2n) is 8.53. The average molecular weight is 464 g/mol. The second kappa shape index (κ2) is 11.2. The summed E-state index contributed by atoms with van der Waals surface area (Å²) in [5.41, 5.74) is 2.33. The van der Waals surface area contributed by atoms with Gasteiger partial charge in [0.2, 0.25) is 0 Å². The third-order valence-electron chi connectivity index (χ3n) is 5.24. The molecule has 0 saturated carbocycles. The fraction of sp³-hybridized carbons (Fsp3) is 0.400. The molecule has 0 aromatic heterocycles. The Labute approximate surface area is 194 Å². The first-order valence-corrected chi connectivity index (χ1v) is 11.5. The molecule has 1 amide bonds. The van der Waals surface area contributed by atoms with E-state index in [-0.39, 0.29) is 22.4 Å². The minimum absolute atomic E-state index is 0.0730. The van der Waals surface area contributed by atoms with Crippen LogP contribution in [0.4, 0.5) is 10.1 Å². The number of carbonyl (C=O) groups excluding carboxylic acids is 1. The fourth-order valence-electron chi connectivity index (χ4n) is 3.21. The Hall–Kier alpha value is -1.82. The maximum absolute atomic E-state index is 14.0. The summed E-state index contributed by atoms with van der Waals surface area (Å²) in [4.78, 5) is 13.6. The van der Waals surface area contributed by atoms with E-state index in [1.807, 2.05) is 13.0 Å². The van der Waals surface area contributed by atoms with Gasteiger partial charge in [-0.25, -0.2) is 4.39 Å². The molecule has 2 rings (SSSR count). The fourth-order valence-corrected chi connectivity index (χ4v) is 4.50. The van der Waals surface area contributed by atoms with Gasteiger partial charge in [0, 0.05) is 28.5 Å². The molecule has 0 bridgehead atoms. The molecule has 0 radical (unpaired) electrons. The van der Waals surface area contributed by atoms with Gasteiger partial charge in [-0.1, -0.05) is 31.5 Å². The number of carbonyl (C=O) groups is 1. The third kappa shape index (κ3) is 7.37. The minimum Gasteiger partial charge on any atom is -0.384 e. The summed E-state index contributed by atoms with van der Waals surface area (Å²) in [6, 6.07) is 8.26. The van der Waals surface area contributed by atoms with Gasteiger partial charge in [0.25, 0.3) is 5.91 Å². The quantitative estimate of drug-likeness (QED) is 0.293. The van der Waals surface area contributed by atoms with Crippen molar-refractivity contribution in [3.05, 3.63) is 70.5 Å². The molecular formula is C25H31ClFNO2S. The number of amides is 1. The highest BCUT2D eigenvalue weighted by Gasteiger charge is 2.20. The lowest BCUT2D eigenvalue weighted by atomic mass is 9.88. The van der Waals surface area contributed by atoms with Gasteiger partial charge >= 0.3 is 0 Å². The molecule has 0 spiro atoms. The van der Waals surface area contributed by atoms with Crippen LogP contribution in [-0.2, 0) is 4.74 Å². The molecule has 1 atom stereocenters. The van der Waals surface area contributed by atoms with E-state index in [0.29, 0.717) is 28.4 Å². The molecule has 1 N–H and O–H groups in total. The molecule has 2 aromatic rings. The molecular weight excluding hydrogens is 433 g/mol. The minimum atomic E-state index is -0.340. The standard InChI is InChI=1S/C25H31ClFNO2S/c1-7-20(10-11-25(4,5)15-30-6)31-23-13-18(8-9-21(23)26)24(29)28-19-12-16(2)17(3)22(27)14-19/h7-9,12-14,20H,1,10-11,15H2,2-6H3,(H,28,29). The van der Waals surface area contributed by atoms with Crippen molar-refractivity contribution in [3.63, 3.8) is 0 Å². The predicted molar refractivity (Wildman–Crippen MR) is 130 cm³/mol. The molecule has 3 nitrogen and oxygen atoms in total. The predicted octanol–water partition coefficient (Wildman–Crippen LogP) is 7.45. The van der Waals surface area contributed by atoms with Crippen molar-refractivity contribution in [1.82, 2.24) is 0 Å². The SMILES string of the molecule is C=CC(CCC(C)(C)COC)Sc1cc(C(=O)Nc2cc(C)c(C)c(F)c2)ccc1Cl. The first-order chi connectivity index (χ1) is 14.6. The van der Waals surface area contributed by atoms with Gasteiger partial charge in [-0.15, -0.1) is 18.3 Å². The molecule has 0 aliphatic heterocycles. The highest BCUT2D eigenvalue weighted by Crippen LogP contribution is 2.36. The second-order valence-corrected chi connectivity index (χ2v) is 10.2. The zero-order valence-corrected chi connectivity index (χ0v) is 20.4. The molecule has 1 unspecified atom stereocenters. The Morgan fingerprint density at radius 3 is 2.65 bits per heavy atom. The summed E-state index contributed by atoms with van der Waals surface area (Å²) in [5, 5.41) is 3.51. The number of benzene rings is 2. The van der Waals surface area contributed by atoms with Crippen LogP contribution >= 0.6 is 23.4 Å². The van der Waals surface area contributed by atoms with Crippen molar-refractivity contribution in [3.8, 4) is 0 Å². The van der Waals surface area contributed by atoms with Crippen LogP contribution in [0, 0.1) is 25.1 Å². The van der Waals surface area contributed by atoms with E-state index in [2.05, 4.69) is 25.7 Å². The van der Waals surface area contributed by atoms with Gasteiger partial charge in [-0.2, -0.15) is 0 Å². The number of hydrogen-bond donors (Lipinski definition) is 1. The van der Waals surface area contributed by atoms with Crippen molar-refractivity contribution in [2.24, 2.45) is 5.41 Å².